The summed E-state index contributed by atoms with van der Waals surface area (Å²) in [7, 11) is -3.66. The van der Waals surface area contributed by atoms with Crippen molar-refractivity contribution in [1.29, 1.82) is 0 Å². The molecular weight excluding hydrogens is 400 g/mol. The maximum absolute atomic E-state index is 13.5. The van der Waals surface area contributed by atoms with Gasteiger partial charge in [-0.15, -0.1) is 0 Å². The van der Waals surface area contributed by atoms with Crippen LogP contribution in [0.1, 0.15) is 43.2 Å². The number of pyridine rings is 1. The van der Waals surface area contributed by atoms with Crippen LogP contribution >= 0.6 is 0 Å². The minimum Gasteiger partial charge on any atom is -0.335 e. The van der Waals surface area contributed by atoms with E-state index in [0.29, 0.717) is 24.4 Å². The van der Waals surface area contributed by atoms with Crippen molar-refractivity contribution in [3.8, 4) is 0 Å². The molecule has 3 aliphatic rings. The van der Waals surface area contributed by atoms with E-state index >= 15 is 0 Å². The Morgan fingerprint density at radius 3 is 2.73 bits per heavy atom. The lowest BCUT2D eigenvalue weighted by atomic mass is 9.88. The van der Waals surface area contributed by atoms with Crippen LogP contribution in [0, 0.1) is 0 Å². The van der Waals surface area contributed by atoms with Crippen molar-refractivity contribution < 1.29 is 13.2 Å². The van der Waals surface area contributed by atoms with Gasteiger partial charge in [0.25, 0.3) is 0 Å². The predicted molar refractivity (Wildman–Crippen MR) is 112 cm³/mol. The van der Waals surface area contributed by atoms with E-state index in [1.54, 1.807) is 33.7 Å². The molecule has 2 aliphatic heterocycles. The van der Waals surface area contributed by atoms with Crippen LogP contribution in [-0.4, -0.2) is 47.8 Å². The van der Waals surface area contributed by atoms with E-state index in [1.165, 1.54) is 0 Å². The molecule has 7 nitrogen and oxygen atoms in total. The smallest absolute Gasteiger partial charge is 0.317 e. The highest BCUT2D eigenvalue weighted by atomic mass is 32.2. The second-order valence-corrected chi connectivity index (χ2v) is 10.3. The average molecular weight is 427 g/mol. The highest BCUT2D eigenvalue weighted by Gasteiger charge is 2.57. The number of benzene rings is 1. The lowest BCUT2D eigenvalue weighted by Gasteiger charge is -2.34. The molecule has 158 valence electrons. The molecule has 1 saturated carbocycles. The van der Waals surface area contributed by atoms with Crippen molar-refractivity contribution in [2.45, 2.75) is 55.1 Å². The van der Waals surface area contributed by atoms with Crippen molar-refractivity contribution in [1.82, 2.24) is 19.5 Å². The topological polar surface area (TPSA) is 82.6 Å². The summed E-state index contributed by atoms with van der Waals surface area (Å²) in [6.45, 7) is 1.14. The van der Waals surface area contributed by atoms with Gasteiger partial charge < -0.3 is 10.2 Å². The normalized spacial score (nSPS) is 25.7. The number of aromatic nitrogens is 1. The molecule has 1 unspecified atom stereocenters. The molecule has 1 spiro atoms. The van der Waals surface area contributed by atoms with E-state index in [2.05, 4.69) is 10.3 Å². The Labute approximate surface area is 177 Å². The van der Waals surface area contributed by atoms with Gasteiger partial charge in [0, 0.05) is 38.1 Å². The van der Waals surface area contributed by atoms with Crippen molar-refractivity contribution in [3.63, 3.8) is 0 Å². The molecule has 5 rings (SSSR count). The van der Waals surface area contributed by atoms with Crippen LogP contribution in [0.4, 0.5) is 4.79 Å². The molecule has 2 aromatic rings. The van der Waals surface area contributed by atoms with E-state index in [4.69, 9.17) is 0 Å². The summed E-state index contributed by atoms with van der Waals surface area (Å²) >= 11 is 0. The molecule has 2 amide bonds. The van der Waals surface area contributed by atoms with Gasteiger partial charge in [-0.3, -0.25) is 4.98 Å². The van der Waals surface area contributed by atoms with E-state index < -0.39 is 15.6 Å². The first-order valence-corrected chi connectivity index (χ1v) is 12.0. The van der Waals surface area contributed by atoms with Gasteiger partial charge in [0.2, 0.25) is 10.0 Å². The number of sulfonamides is 1. The Morgan fingerprint density at radius 1 is 1.17 bits per heavy atom. The molecule has 1 saturated heterocycles. The Hall–Kier alpha value is -2.45. The van der Waals surface area contributed by atoms with Crippen molar-refractivity contribution >= 4 is 16.1 Å². The number of nitrogens with one attached hydrogen (secondary N) is 1. The Bertz CT molecular complexity index is 1050. The molecule has 1 aliphatic carbocycles. The molecule has 1 N–H and O–H groups in total. The third kappa shape index (κ3) is 3.09. The molecule has 1 aromatic heterocycles. The first-order valence-electron chi connectivity index (χ1n) is 10.6. The second-order valence-electron chi connectivity index (χ2n) is 8.50. The average Bonchev–Trinajstić information content (AvgIpc) is 3.46. The Balaban J connectivity index is 1.48. The predicted octanol–water partition coefficient (Wildman–Crippen LogP) is 2.84. The van der Waals surface area contributed by atoms with Crippen molar-refractivity contribution in [2.24, 2.45) is 0 Å². The first-order chi connectivity index (χ1) is 14.5. The van der Waals surface area contributed by atoms with Gasteiger partial charge >= 0.3 is 6.03 Å². The van der Waals surface area contributed by atoms with Gasteiger partial charge in [-0.1, -0.05) is 37.1 Å². The second kappa shape index (κ2) is 7.35. The number of hydrogen-bond donors (Lipinski definition) is 1. The minimum absolute atomic E-state index is 0.0816. The zero-order chi connectivity index (χ0) is 20.8. The SMILES string of the molecule is O=C(NC1CCCC1)N1CCC2(C1)c1ccccc1S(=O)(=O)N2Cc1cccnc1. The third-order valence-electron chi connectivity index (χ3n) is 6.70. The summed E-state index contributed by atoms with van der Waals surface area (Å²) < 4.78 is 28.6. The van der Waals surface area contributed by atoms with Gasteiger partial charge in [0.05, 0.1) is 10.4 Å². The Morgan fingerprint density at radius 2 is 1.97 bits per heavy atom. The monoisotopic (exact) mass is 426 g/mol. The van der Waals surface area contributed by atoms with Gasteiger partial charge in [0.1, 0.15) is 0 Å². The summed E-state index contributed by atoms with van der Waals surface area (Å²) in [6, 6.07) is 11.1. The summed E-state index contributed by atoms with van der Waals surface area (Å²) in [5, 5.41) is 3.15. The Kier molecular flexibility index (Phi) is 4.78. The van der Waals surface area contributed by atoms with Gasteiger partial charge in [-0.25, -0.2) is 13.2 Å². The van der Waals surface area contributed by atoms with Crippen molar-refractivity contribution in [2.75, 3.05) is 13.1 Å². The van der Waals surface area contributed by atoms with E-state index in [1.807, 2.05) is 24.3 Å². The highest BCUT2D eigenvalue weighted by Crippen LogP contribution is 2.50. The molecule has 1 aromatic carbocycles. The first kappa shape index (κ1) is 19.5. The fraction of sp³-hybridized carbons (Fsp3) is 0.455. The number of hydrogen-bond acceptors (Lipinski definition) is 4. The summed E-state index contributed by atoms with van der Waals surface area (Å²) in [6.07, 6.45) is 8.31. The molecule has 30 heavy (non-hydrogen) atoms. The van der Waals surface area contributed by atoms with Gasteiger partial charge in [-0.05, 0) is 42.5 Å². The summed E-state index contributed by atoms with van der Waals surface area (Å²) in [4.78, 5) is 19.2. The molecular formula is C22H26N4O3S. The molecule has 0 radical (unpaired) electrons. The summed E-state index contributed by atoms with van der Waals surface area (Å²) in [5.41, 5.74) is 0.894. The van der Waals surface area contributed by atoms with Crippen LogP contribution in [0.25, 0.3) is 0 Å². The quantitative estimate of drug-likeness (QED) is 0.818. The number of fused-ring (bicyclic) bond motifs is 2. The molecule has 3 heterocycles. The van der Waals surface area contributed by atoms with Crippen molar-refractivity contribution in [3.05, 3.63) is 59.9 Å². The number of amides is 2. The van der Waals surface area contributed by atoms with E-state index in [0.717, 1.165) is 36.8 Å². The number of rotatable bonds is 3. The van der Waals surface area contributed by atoms with Gasteiger partial charge in [0.15, 0.2) is 0 Å². The van der Waals surface area contributed by atoms with Gasteiger partial charge in [-0.2, -0.15) is 4.31 Å². The van der Waals surface area contributed by atoms with Crippen LogP contribution < -0.4 is 5.32 Å². The molecule has 8 heteroatoms. The van der Waals surface area contributed by atoms with Crippen LogP contribution in [0.5, 0.6) is 0 Å². The van der Waals surface area contributed by atoms with Crippen LogP contribution in [0.2, 0.25) is 0 Å². The van der Waals surface area contributed by atoms with Crippen LogP contribution in [0.3, 0.4) is 0 Å². The number of carbonyl (C=O) groups is 1. The number of nitrogens with zero attached hydrogens (tertiary/aromatic N) is 3. The lowest BCUT2D eigenvalue weighted by molar-refractivity contribution is 0.176. The minimum atomic E-state index is -3.66. The number of likely N-dealkylation sites (tertiary alicyclic amines) is 1. The molecule has 2 fully saturated rings. The van der Waals surface area contributed by atoms with E-state index in [-0.39, 0.29) is 18.6 Å². The standard InChI is InChI=1S/C22H26N4O3S/c27-21(24-18-7-1-2-8-18)25-13-11-22(16-25)19-9-3-4-10-20(19)30(28,29)26(22)15-17-6-5-12-23-14-17/h3-6,9-10,12,14,18H,1-2,7-8,11,13,15-16H2,(H,24,27). The number of carbonyl (C=O) groups excluding carboxylic acids is 1. The van der Waals surface area contributed by atoms with Crippen LogP contribution in [0.15, 0.2) is 53.7 Å². The fourth-order valence-electron chi connectivity index (χ4n) is 5.18. The third-order valence-corrected chi connectivity index (χ3v) is 8.67. The maximum Gasteiger partial charge on any atom is 0.317 e. The highest BCUT2D eigenvalue weighted by molar-refractivity contribution is 7.89. The zero-order valence-corrected chi connectivity index (χ0v) is 17.6. The molecule has 1 atom stereocenters. The number of urea groups is 1. The largest absolute Gasteiger partial charge is 0.335 e. The fourth-order valence-corrected chi connectivity index (χ4v) is 7.23. The lowest BCUT2D eigenvalue weighted by Crippen LogP contribution is -2.48. The maximum atomic E-state index is 13.5. The van der Waals surface area contributed by atoms with E-state index in [9.17, 15) is 13.2 Å². The van der Waals surface area contributed by atoms with Crippen LogP contribution in [-0.2, 0) is 22.1 Å². The zero-order valence-electron chi connectivity index (χ0n) is 16.8. The molecule has 0 bridgehead atoms. The summed E-state index contributed by atoms with van der Waals surface area (Å²) in [5.74, 6) is 0.